The van der Waals surface area contributed by atoms with Crippen molar-refractivity contribution in [3.63, 3.8) is 0 Å². The molecule has 4 aliphatic rings. The summed E-state index contributed by atoms with van der Waals surface area (Å²) in [6.07, 6.45) is 2.34. The van der Waals surface area contributed by atoms with E-state index in [4.69, 9.17) is 18.9 Å². The summed E-state index contributed by atoms with van der Waals surface area (Å²) in [5, 5.41) is 0. The third-order valence-corrected chi connectivity index (χ3v) is 4.76. The van der Waals surface area contributed by atoms with Crippen LogP contribution in [-0.2, 0) is 28.5 Å². The van der Waals surface area contributed by atoms with Crippen molar-refractivity contribution in [3.05, 3.63) is 11.6 Å². The summed E-state index contributed by atoms with van der Waals surface area (Å²) in [5.74, 6) is -2.90. The van der Waals surface area contributed by atoms with Gasteiger partial charge in [0.25, 0.3) is 0 Å². The highest BCUT2D eigenvalue weighted by Gasteiger charge is 2.66. The van der Waals surface area contributed by atoms with Gasteiger partial charge in [-0.05, 0) is 6.42 Å². The maximum atomic E-state index is 12.8. The van der Waals surface area contributed by atoms with E-state index in [0.717, 1.165) is 6.42 Å². The Labute approximate surface area is 117 Å². The molecule has 6 nitrogen and oxygen atoms in total. The Kier molecular flexibility index (Phi) is 3.19. The standard InChI is InChI=1S/C14H18O6/c1-17-13(16)8-6-9-7-4-5-20-11(7)10(8)12(15)14(9,18-2)19-3/h6-7,9-11H,4-5H2,1-3H3/t7-,9-,10-,11-/m1/s1. The van der Waals surface area contributed by atoms with Crippen LogP contribution in [0.4, 0.5) is 0 Å². The third kappa shape index (κ3) is 1.50. The number of esters is 1. The number of hydrogen-bond donors (Lipinski definition) is 0. The molecule has 0 aromatic rings. The molecule has 1 saturated heterocycles. The van der Waals surface area contributed by atoms with Crippen LogP contribution in [0.25, 0.3) is 0 Å². The van der Waals surface area contributed by atoms with Crippen LogP contribution in [0.15, 0.2) is 11.6 Å². The zero-order chi connectivity index (χ0) is 14.5. The summed E-state index contributed by atoms with van der Waals surface area (Å²) in [6, 6.07) is 0. The van der Waals surface area contributed by atoms with E-state index >= 15 is 0 Å². The van der Waals surface area contributed by atoms with Crippen molar-refractivity contribution in [2.45, 2.75) is 18.3 Å². The lowest BCUT2D eigenvalue weighted by molar-refractivity contribution is -0.251. The van der Waals surface area contributed by atoms with Crippen molar-refractivity contribution in [3.8, 4) is 0 Å². The van der Waals surface area contributed by atoms with Gasteiger partial charge in [-0.25, -0.2) is 4.79 Å². The Hall–Kier alpha value is -1.24. The SMILES string of the molecule is COC(=O)C1=C[C@@H]2[C@H]3CCO[C@H]3[C@@H]1C(=O)C2(OC)OC. The van der Waals surface area contributed by atoms with Gasteiger partial charge in [-0.1, -0.05) is 6.08 Å². The van der Waals surface area contributed by atoms with Crippen LogP contribution >= 0.6 is 0 Å². The molecule has 3 aliphatic carbocycles. The summed E-state index contributed by atoms with van der Waals surface area (Å²) < 4.78 is 21.3. The largest absolute Gasteiger partial charge is 0.466 e. The number of methoxy groups -OCH3 is 3. The van der Waals surface area contributed by atoms with Crippen molar-refractivity contribution in [2.24, 2.45) is 17.8 Å². The first kappa shape index (κ1) is 13.7. The first-order chi connectivity index (χ1) is 9.60. The normalized spacial score (nSPS) is 37.5. The molecule has 0 N–H and O–H groups in total. The maximum Gasteiger partial charge on any atom is 0.334 e. The number of hydrogen-bond acceptors (Lipinski definition) is 6. The van der Waals surface area contributed by atoms with Crippen molar-refractivity contribution in [1.82, 2.24) is 0 Å². The average molecular weight is 282 g/mol. The zero-order valence-electron chi connectivity index (χ0n) is 11.8. The Bertz CT molecular complexity index is 478. The fourth-order valence-electron chi connectivity index (χ4n) is 3.89. The highest BCUT2D eigenvalue weighted by molar-refractivity contribution is 6.03. The van der Waals surface area contributed by atoms with E-state index in [2.05, 4.69) is 0 Å². The average Bonchev–Trinajstić information content (AvgIpc) is 2.97. The number of carbonyl (C=O) groups is 2. The molecule has 1 saturated carbocycles. The van der Waals surface area contributed by atoms with E-state index in [0.29, 0.717) is 12.2 Å². The fraction of sp³-hybridized carbons (Fsp3) is 0.714. The molecule has 1 aliphatic heterocycles. The molecule has 0 radical (unpaired) electrons. The van der Waals surface area contributed by atoms with Crippen LogP contribution in [0, 0.1) is 17.8 Å². The fourth-order valence-corrected chi connectivity index (χ4v) is 3.89. The predicted molar refractivity (Wildman–Crippen MR) is 66.7 cm³/mol. The number of Topliss-reactive ketones (excluding diaryl/α,β-unsaturated/α-hetero) is 1. The van der Waals surface area contributed by atoms with E-state index in [1.54, 1.807) is 6.08 Å². The molecule has 0 spiro atoms. The second-order valence-corrected chi connectivity index (χ2v) is 5.34. The molecule has 2 bridgehead atoms. The minimum Gasteiger partial charge on any atom is -0.466 e. The molecule has 4 rings (SSSR count). The number of fused-ring (bicyclic) bond motifs is 1. The van der Waals surface area contributed by atoms with Crippen LogP contribution in [-0.4, -0.2) is 51.6 Å². The summed E-state index contributed by atoms with van der Waals surface area (Å²) in [6.45, 7) is 0.585. The lowest BCUT2D eigenvalue weighted by Gasteiger charge is -2.51. The van der Waals surface area contributed by atoms with Crippen LogP contribution in [0.1, 0.15) is 6.42 Å². The first-order valence-corrected chi connectivity index (χ1v) is 6.67. The van der Waals surface area contributed by atoms with Crippen molar-refractivity contribution >= 4 is 11.8 Å². The molecule has 0 unspecified atom stereocenters. The zero-order valence-corrected chi connectivity index (χ0v) is 11.8. The lowest BCUT2D eigenvalue weighted by Crippen LogP contribution is -2.65. The van der Waals surface area contributed by atoms with Crippen molar-refractivity contribution < 1.29 is 28.5 Å². The van der Waals surface area contributed by atoms with Crippen molar-refractivity contribution in [1.29, 1.82) is 0 Å². The van der Waals surface area contributed by atoms with Gasteiger partial charge in [0, 0.05) is 38.2 Å². The summed E-state index contributed by atoms with van der Waals surface area (Å²) >= 11 is 0. The summed E-state index contributed by atoms with van der Waals surface area (Å²) in [7, 11) is 4.22. The van der Waals surface area contributed by atoms with Crippen LogP contribution in [0.3, 0.4) is 0 Å². The van der Waals surface area contributed by atoms with E-state index in [1.165, 1.54) is 21.3 Å². The van der Waals surface area contributed by atoms with Crippen molar-refractivity contribution in [2.75, 3.05) is 27.9 Å². The molecular formula is C14H18O6. The third-order valence-electron chi connectivity index (χ3n) is 4.76. The minimum absolute atomic E-state index is 0.131. The number of ether oxygens (including phenoxy) is 4. The van der Waals surface area contributed by atoms with Crippen LogP contribution < -0.4 is 0 Å². The first-order valence-electron chi connectivity index (χ1n) is 6.67. The molecular weight excluding hydrogens is 264 g/mol. The Balaban J connectivity index is 2.12. The number of rotatable bonds is 3. The molecule has 6 heteroatoms. The topological polar surface area (TPSA) is 71.1 Å². The highest BCUT2D eigenvalue weighted by atomic mass is 16.7. The summed E-state index contributed by atoms with van der Waals surface area (Å²) in [5.41, 5.74) is 0.371. The van der Waals surface area contributed by atoms with Gasteiger partial charge in [-0.2, -0.15) is 0 Å². The van der Waals surface area contributed by atoms with Gasteiger partial charge in [0.15, 0.2) is 0 Å². The molecule has 4 atom stereocenters. The lowest BCUT2D eigenvalue weighted by atomic mass is 9.59. The second-order valence-electron chi connectivity index (χ2n) is 5.34. The number of ketones is 1. The van der Waals surface area contributed by atoms with Gasteiger partial charge in [0.1, 0.15) is 0 Å². The molecule has 110 valence electrons. The van der Waals surface area contributed by atoms with E-state index in [1.807, 2.05) is 0 Å². The maximum absolute atomic E-state index is 12.8. The monoisotopic (exact) mass is 282 g/mol. The smallest absolute Gasteiger partial charge is 0.334 e. The molecule has 2 fully saturated rings. The van der Waals surface area contributed by atoms with Crippen LogP contribution in [0.2, 0.25) is 0 Å². The van der Waals surface area contributed by atoms with Gasteiger partial charge in [-0.3, -0.25) is 4.79 Å². The van der Waals surface area contributed by atoms with Gasteiger partial charge in [0.05, 0.1) is 19.1 Å². The van der Waals surface area contributed by atoms with Gasteiger partial charge in [-0.15, -0.1) is 0 Å². The number of carbonyl (C=O) groups excluding carboxylic acids is 2. The Morgan fingerprint density at radius 3 is 2.65 bits per heavy atom. The van der Waals surface area contributed by atoms with Gasteiger partial charge >= 0.3 is 5.97 Å². The molecule has 0 aromatic heterocycles. The molecule has 0 amide bonds. The highest BCUT2D eigenvalue weighted by Crippen LogP contribution is 2.53. The van der Waals surface area contributed by atoms with Crippen LogP contribution in [0.5, 0.6) is 0 Å². The molecule has 0 aromatic carbocycles. The summed E-state index contributed by atoms with van der Waals surface area (Å²) in [4.78, 5) is 24.7. The predicted octanol–water partition coefficient (Wildman–Crippen LogP) is 0.309. The Morgan fingerprint density at radius 1 is 1.35 bits per heavy atom. The minimum atomic E-state index is -1.31. The van der Waals surface area contributed by atoms with E-state index in [-0.39, 0.29) is 23.7 Å². The second kappa shape index (κ2) is 4.65. The van der Waals surface area contributed by atoms with Gasteiger partial charge in [0.2, 0.25) is 11.6 Å². The van der Waals surface area contributed by atoms with E-state index in [9.17, 15) is 9.59 Å². The van der Waals surface area contributed by atoms with Gasteiger partial charge < -0.3 is 18.9 Å². The van der Waals surface area contributed by atoms with E-state index < -0.39 is 17.7 Å². The molecule has 1 heterocycles. The Morgan fingerprint density at radius 2 is 2.05 bits per heavy atom. The molecule has 20 heavy (non-hydrogen) atoms. The quantitative estimate of drug-likeness (QED) is 0.548.